The molecule has 1 N–H and O–H groups in total. The highest BCUT2D eigenvalue weighted by Crippen LogP contribution is 2.28. The predicted octanol–water partition coefficient (Wildman–Crippen LogP) is 5.03. The lowest BCUT2D eigenvalue weighted by Gasteiger charge is -2.08. The first-order chi connectivity index (χ1) is 13.3. The van der Waals surface area contributed by atoms with Crippen molar-refractivity contribution in [2.45, 2.75) is 13.5 Å². The van der Waals surface area contributed by atoms with Crippen molar-refractivity contribution in [3.05, 3.63) is 79.6 Å². The van der Waals surface area contributed by atoms with E-state index >= 15 is 0 Å². The lowest BCUT2D eigenvalue weighted by molar-refractivity contribution is -0.383. The summed E-state index contributed by atoms with van der Waals surface area (Å²) in [5.74, 6) is 0.270. The molecule has 10 heteroatoms. The summed E-state index contributed by atoms with van der Waals surface area (Å²) in [6.07, 6.45) is 0. The van der Waals surface area contributed by atoms with Crippen molar-refractivity contribution >= 4 is 40.5 Å². The van der Waals surface area contributed by atoms with Crippen LogP contribution in [0.3, 0.4) is 0 Å². The van der Waals surface area contributed by atoms with Crippen molar-refractivity contribution in [2.24, 2.45) is 0 Å². The van der Waals surface area contributed by atoms with Gasteiger partial charge in [-0.15, -0.1) is 0 Å². The number of halogens is 2. The maximum atomic E-state index is 12.6. The smallest absolute Gasteiger partial charge is 0.294 e. The Morgan fingerprint density at radius 1 is 1.21 bits per heavy atom. The zero-order valence-corrected chi connectivity index (χ0v) is 16.0. The van der Waals surface area contributed by atoms with Crippen LogP contribution in [0.4, 0.5) is 11.4 Å². The maximum absolute atomic E-state index is 12.6. The van der Waals surface area contributed by atoms with E-state index in [9.17, 15) is 14.9 Å². The number of nitrogens with zero attached hydrogens (tertiary/aromatic N) is 2. The van der Waals surface area contributed by atoms with Gasteiger partial charge >= 0.3 is 0 Å². The van der Waals surface area contributed by atoms with Crippen LogP contribution < -0.4 is 10.1 Å². The van der Waals surface area contributed by atoms with E-state index in [4.69, 9.17) is 32.5 Å². The number of aromatic nitrogens is 1. The summed E-state index contributed by atoms with van der Waals surface area (Å²) in [4.78, 5) is 23.1. The molecule has 0 unspecified atom stereocenters. The Morgan fingerprint density at radius 2 is 1.89 bits per heavy atom. The monoisotopic (exact) mass is 421 g/mol. The van der Waals surface area contributed by atoms with Crippen LogP contribution >= 0.6 is 23.2 Å². The lowest BCUT2D eigenvalue weighted by Crippen LogP contribution is -2.16. The van der Waals surface area contributed by atoms with Crippen molar-refractivity contribution < 1.29 is 19.0 Å². The normalized spacial score (nSPS) is 10.5. The topological polar surface area (TPSA) is 108 Å². The van der Waals surface area contributed by atoms with Gasteiger partial charge in [0.05, 0.1) is 10.5 Å². The Hall–Kier alpha value is -3.10. The predicted molar refractivity (Wildman–Crippen MR) is 103 cm³/mol. The molecule has 8 nitrogen and oxygen atoms in total. The molecule has 1 aromatic heterocycles. The van der Waals surface area contributed by atoms with Gasteiger partial charge in [0.2, 0.25) is 0 Å². The van der Waals surface area contributed by atoms with Gasteiger partial charge in [0.25, 0.3) is 11.6 Å². The highest BCUT2D eigenvalue weighted by Gasteiger charge is 2.23. The Morgan fingerprint density at radius 3 is 2.57 bits per heavy atom. The first-order valence-corrected chi connectivity index (χ1v) is 8.69. The second kappa shape index (κ2) is 8.28. The molecule has 3 rings (SSSR count). The standard InChI is InChI=1S/C18H13Cl2N3O5/c1-10-14(9-27-13-5-2-11(19)3-6-13)17(22-28-10)18(24)21-15-7-4-12(20)8-16(15)23(25)26/h2-8H,9H2,1H3,(H,21,24). The number of nitrogens with one attached hydrogen (secondary N) is 1. The number of carbonyl (C=O) groups is 1. The van der Waals surface area contributed by atoms with Crippen molar-refractivity contribution in [1.82, 2.24) is 5.16 Å². The molecular weight excluding hydrogens is 409 g/mol. The molecule has 0 atom stereocenters. The van der Waals surface area contributed by atoms with Crippen molar-refractivity contribution in [3.8, 4) is 5.75 Å². The number of hydrogen-bond donors (Lipinski definition) is 1. The van der Waals surface area contributed by atoms with E-state index in [1.807, 2.05) is 0 Å². The number of aryl methyl sites for hydroxylation is 1. The molecule has 0 radical (unpaired) electrons. The van der Waals surface area contributed by atoms with Crippen LogP contribution in [-0.2, 0) is 6.61 Å². The molecule has 0 aliphatic heterocycles. The number of nitro benzene ring substituents is 1. The Bertz CT molecular complexity index is 1030. The van der Waals surface area contributed by atoms with Crippen LogP contribution in [0.15, 0.2) is 47.0 Å². The minimum Gasteiger partial charge on any atom is -0.489 e. The molecule has 28 heavy (non-hydrogen) atoms. The Kier molecular flexibility index (Phi) is 5.81. The first-order valence-electron chi connectivity index (χ1n) is 7.94. The summed E-state index contributed by atoms with van der Waals surface area (Å²) in [5, 5.41) is 18.1. The first kappa shape index (κ1) is 19.7. The fourth-order valence-corrected chi connectivity index (χ4v) is 2.66. The molecule has 1 amide bonds. The number of carbonyl (C=O) groups excluding carboxylic acids is 1. The summed E-state index contributed by atoms with van der Waals surface area (Å²) in [6, 6.07) is 10.6. The number of hydrogen-bond acceptors (Lipinski definition) is 6. The number of anilines is 1. The molecule has 3 aromatic rings. The summed E-state index contributed by atoms with van der Waals surface area (Å²) in [5.41, 5.74) is 0.0458. The molecule has 144 valence electrons. The summed E-state index contributed by atoms with van der Waals surface area (Å²) < 4.78 is 10.7. The van der Waals surface area contributed by atoms with Gasteiger partial charge in [-0.1, -0.05) is 28.4 Å². The molecule has 0 fully saturated rings. The molecule has 0 saturated carbocycles. The van der Waals surface area contributed by atoms with E-state index in [0.29, 0.717) is 22.1 Å². The van der Waals surface area contributed by atoms with Crippen LogP contribution in [0.2, 0.25) is 10.0 Å². The average molecular weight is 422 g/mol. The zero-order valence-electron chi connectivity index (χ0n) is 14.4. The van der Waals surface area contributed by atoms with Crippen LogP contribution in [-0.4, -0.2) is 16.0 Å². The molecule has 0 aliphatic carbocycles. The molecular formula is C18H13Cl2N3O5. The van der Waals surface area contributed by atoms with Crippen molar-refractivity contribution in [3.63, 3.8) is 0 Å². The maximum Gasteiger partial charge on any atom is 0.294 e. The van der Waals surface area contributed by atoms with Gasteiger partial charge in [-0.05, 0) is 43.3 Å². The van der Waals surface area contributed by atoms with Gasteiger partial charge in [0.15, 0.2) is 5.69 Å². The minimum atomic E-state index is -0.669. The van der Waals surface area contributed by atoms with Crippen LogP contribution in [0.25, 0.3) is 0 Å². The van der Waals surface area contributed by atoms with Gasteiger partial charge < -0.3 is 14.6 Å². The highest BCUT2D eigenvalue weighted by atomic mass is 35.5. The van der Waals surface area contributed by atoms with Gasteiger partial charge in [0, 0.05) is 16.1 Å². The summed E-state index contributed by atoms with van der Waals surface area (Å²) >= 11 is 11.6. The third kappa shape index (κ3) is 4.41. The van der Waals surface area contributed by atoms with E-state index in [2.05, 4.69) is 10.5 Å². The van der Waals surface area contributed by atoms with E-state index in [1.54, 1.807) is 31.2 Å². The fourth-order valence-electron chi connectivity index (χ4n) is 2.37. The average Bonchev–Trinajstić information content (AvgIpc) is 3.03. The van der Waals surface area contributed by atoms with Crippen molar-refractivity contribution in [2.75, 3.05) is 5.32 Å². The second-order valence-electron chi connectivity index (χ2n) is 5.68. The van der Waals surface area contributed by atoms with Crippen molar-refractivity contribution in [1.29, 1.82) is 0 Å². The number of nitro groups is 1. The summed E-state index contributed by atoms with van der Waals surface area (Å²) in [7, 11) is 0. The number of benzene rings is 2. The number of rotatable bonds is 6. The van der Waals surface area contributed by atoms with Gasteiger partial charge in [-0.3, -0.25) is 14.9 Å². The third-order valence-electron chi connectivity index (χ3n) is 3.80. The molecule has 1 heterocycles. The molecule has 0 bridgehead atoms. The quantitative estimate of drug-likeness (QED) is 0.441. The van der Waals surface area contributed by atoms with Crippen LogP contribution in [0.5, 0.6) is 5.75 Å². The SMILES string of the molecule is Cc1onc(C(=O)Nc2ccc(Cl)cc2[N+](=O)[O-])c1COc1ccc(Cl)cc1. The lowest BCUT2D eigenvalue weighted by atomic mass is 10.2. The van der Waals surface area contributed by atoms with Gasteiger partial charge in [-0.2, -0.15) is 0 Å². The molecule has 0 aliphatic rings. The summed E-state index contributed by atoms with van der Waals surface area (Å²) in [6.45, 7) is 1.65. The van der Waals surface area contributed by atoms with E-state index in [-0.39, 0.29) is 28.7 Å². The van der Waals surface area contributed by atoms with Crippen LogP contribution in [0.1, 0.15) is 21.8 Å². The zero-order chi connectivity index (χ0) is 20.3. The number of ether oxygens (including phenoxy) is 1. The Labute approximate surface area is 169 Å². The number of amides is 1. The highest BCUT2D eigenvalue weighted by molar-refractivity contribution is 6.31. The van der Waals surface area contributed by atoms with E-state index < -0.39 is 10.8 Å². The molecule has 0 spiro atoms. The van der Waals surface area contributed by atoms with Gasteiger partial charge in [-0.25, -0.2) is 0 Å². The minimum absolute atomic E-state index is 0.00961. The fraction of sp³-hybridized carbons (Fsp3) is 0.111. The Balaban J connectivity index is 1.80. The second-order valence-corrected chi connectivity index (χ2v) is 6.55. The van der Waals surface area contributed by atoms with E-state index in [0.717, 1.165) is 6.07 Å². The van der Waals surface area contributed by atoms with Gasteiger partial charge in [0.1, 0.15) is 23.8 Å². The largest absolute Gasteiger partial charge is 0.489 e. The third-order valence-corrected chi connectivity index (χ3v) is 4.29. The van der Waals surface area contributed by atoms with E-state index in [1.165, 1.54) is 12.1 Å². The molecule has 2 aromatic carbocycles. The molecule has 0 saturated heterocycles. The van der Waals surface area contributed by atoms with Crippen LogP contribution in [0, 0.1) is 17.0 Å².